The molecule has 3 aromatic rings. The van der Waals surface area contributed by atoms with Crippen LogP contribution in [-0.4, -0.2) is 76.2 Å². The normalized spacial score (nSPS) is 13.9. The van der Waals surface area contributed by atoms with Gasteiger partial charge in [-0.2, -0.15) is 28.1 Å². The van der Waals surface area contributed by atoms with Crippen LogP contribution in [0, 0.1) is 0 Å². The molecule has 14 nitrogen and oxygen atoms in total. The van der Waals surface area contributed by atoms with Gasteiger partial charge in [0.1, 0.15) is 6.04 Å². The summed E-state index contributed by atoms with van der Waals surface area (Å²) in [5, 5.41) is 22.7. The molecule has 1 heterocycles. The molecule has 244 valence electrons. The lowest BCUT2D eigenvalue weighted by Gasteiger charge is -2.19. The maximum Gasteiger partial charge on any atom is 0.422 e. The number of anilines is 3. The Hall–Kier alpha value is -5.19. The second-order valence-corrected chi connectivity index (χ2v) is 10.5. The zero-order chi connectivity index (χ0) is 33.5. The highest BCUT2D eigenvalue weighted by molar-refractivity contribution is 6.35. The largest absolute Gasteiger partial charge is 0.480 e. The molecule has 0 saturated heterocycles. The molecular weight excluding hydrogens is 637 g/mol. The number of ether oxygens (including phenoxy) is 1. The molecule has 3 amide bonds. The number of alkyl halides is 3. The van der Waals surface area contributed by atoms with Gasteiger partial charge in [0, 0.05) is 29.9 Å². The minimum absolute atomic E-state index is 0.0376. The van der Waals surface area contributed by atoms with Gasteiger partial charge in [0.2, 0.25) is 11.9 Å². The monoisotopic (exact) mass is 664 g/mol. The van der Waals surface area contributed by atoms with Crippen LogP contribution in [0.3, 0.4) is 0 Å². The fourth-order valence-electron chi connectivity index (χ4n) is 4.13. The molecule has 1 fully saturated rings. The van der Waals surface area contributed by atoms with E-state index in [9.17, 15) is 37.5 Å². The van der Waals surface area contributed by atoms with Crippen molar-refractivity contribution in [2.45, 2.75) is 37.0 Å². The molecule has 1 saturated carbocycles. The first-order valence-electron chi connectivity index (χ1n) is 13.7. The van der Waals surface area contributed by atoms with Crippen molar-refractivity contribution in [1.29, 1.82) is 0 Å². The summed E-state index contributed by atoms with van der Waals surface area (Å²) in [6.45, 7) is -1.82. The number of halogens is 4. The number of rotatable bonds is 13. The summed E-state index contributed by atoms with van der Waals surface area (Å²) in [7, 11) is 1.26. The summed E-state index contributed by atoms with van der Waals surface area (Å²) >= 11 is 6.00. The molecule has 1 aliphatic carbocycles. The fourth-order valence-corrected chi connectivity index (χ4v) is 4.26. The van der Waals surface area contributed by atoms with Crippen LogP contribution in [0.1, 0.15) is 35.2 Å². The Morgan fingerprint density at radius 2 is 1.63 bits per heavy atom. The summed E-state index contributed by atoms with van der Waals surface area (Å²) in [5.74, 6) is -4.12. The van der Waals surface area contributed by atoms with Gasteiger partial charge in [0.25, 0.3) is 5.91 Å². The van der Waals surface area contributed by atoms with E-state index in [1.165, 1.54) is 31.3 Å². The van der Waals surface area contributed by atoms with E-state index in [-0.39, 0.29) is 30.4 Å². The Balaban J connectivity index is 1.44. The Morgan fingerprint density at radius 1 is 0.978 bits per heavy atom. The van der Waals surface area contributed by atoms with E-state index in [2.05, 4.69) is 41.5 Å². The Labute approximate surface area is 264 Å². The number of aromatic nitrogens is 3. The summed E-state index contributed by atoms with van der Waals surface area (Å²) in [5.41, 5.74) is 0.749. The van der Waals surface area contributed by atoms with Gasteiger partial charge in [0.15, 0.2) is 6.61 Å². The highest BCUT2D eigenvalue weighted by Gasteiger charge is 2.45. The number of hydrogen-bond donors (Lipinski definition) is 6. The number of amides is 3. The Morgan fingerprint density at radius 3 is 2.22 bits per heavy atom. The third-order valence-corrected chi connectivity index (χ3v) is 6.89. The number of benzene rings is 2. The Kier molecular flexibility index (Phi) is 10.5. The lowest BCUT2D eigenvalue weighted by atomic mass is 10.1. The van der Waals surface area contributed by atoms with Gasteiger partial charge in [0.05, 0.1) is 5.54 Å². The van der Waals surface area contributed by atoms with Crippen LogP contribution in [0.15, 0.2) is 48.5 Å². The van der Waals surface area contributed by atoms with Gasteiger partial charge in [-0.05, 0) is 61.2 Å². The predicted octanol–water partition coefficient (Wildman–Crippen LogP) is 2.75. The number of carboxylic acids is 1. The third-order valence-electron chi connectivity index (χ3n) is 6.64. The van der Waals surface area contributed by atoms with E-state index in [1.54, 1.807) is 12.1 Å². The average Bonchev–Trinajstić information content (AvgIpc) is 3.79. The number of nitrogens with zero attached hydrogens (tertiary/aromatic N) is 3. The lowest BCUT2D eigenvalue weighted by molar-refractivity contribution is -0.154. The zero-order valence-corrected chi connectivity index (χ0v) is 24.8. The molecule has 1 aliphatic rings. The molecule has 1 unspecified atom stereocenters. The van der Waals surface area contributed by atoms with Crippen LogP contribution in [0.4, 0.5) is 30.8 Å². The number of carbonyl (C=O) groups excluding carboxylic acids is 3. The van der Waals surface area contributed by atoms with E-state index < -0.39 is 54.1 Å². The van der Waals surface area contributed by atoms with Crippen molar-refractivity contribution in [2.24, 2.45) is 0 Å². The van der Waals surface area contributed by atoms with Crippen molar-refractivity contribution >= 4 is 52.9 Å². The Bertz CT molecular complexity index is 1590. The van der Waals surface area contributed by atoms with Crippen molar-refractivity contribution in [1.82, 2.24) is 30.9 Å². The minimum Gasteiger partial charge on any atom is -0.480 e. The summed E-state index contributed by atoms with van der Waals surface area (Å²) < 4.78 is 43.3. The van der Waals surface area contributed by atoms with Gasteiger partial charge in [-0.25, -0.2) is 4.79 Å². The van der Waals surface area contributed by atoms with Gasteiger partial charge in [-0.1, -0.05) is 23.7 Å². The number of nitrogens with one attached hydrogen (secondary N) is 5. The second-order valence-electron chi connectivity index (χ2n) is 10.1. The molecule has 0 bridgehead atoms. The van der Waals surface area contributed by atoms with Crippen molar-refractivity contribution in [3.05, 3.63) is 64.7 Å². The maximum absolute atomic E-state index is 12.9. The van der Waals surface area contributed by atoms with Crippen LogP contribution in [0.2, 0.25) is 5.02 Å². The molecule has 18 heteroatoms. The first kappa shape index (κ1) is 33.7. The van der Waals surface area contributed by atoms with Crippen LogP contribution in [0.5, 0.6) is 6.01 Å². The lowest BCUT2D eigenvalue weighted by Crippen LogP contribution is -2.44. The van der Waals surface area contributed by atoms with Gasteiger partial charge in [-0.15, -0.1) is 0 Å². The molecule has 0 aliphatic heterocycles. The van der Waals surface area contributed by atoms with Crippen molar-refractivity contribution in [3.8, 4) is 6.01 Å². The molecule has 0 radical (unpaired) electrons. The number of hydrogen-bond acceptors (Lipinski definition) is 10. The molecule has 0 spiro atoms. The fraction of sp³-hybridized carbons (Fsp3) is 0.321. The van der Waals surface area contributed by atoms with Crippen LogP contribution in [-0.2, 0) is 19.9 Å². The van der Waals surface area contributed by atoms with E-state index in [0.29, 0.717) is 23.6 Å². The van der Waals surface area contributed by atoms with Crippen molar-refractivity contribution in [2.75, 3.05) is 30.8 Å². The van der Waals surface area contributed by atoms with Crippen LogP contribution < -0.4 is 31.3 Å². The van der Waals surface area contributed by atoms with E-state index in [4.69, 9.17) is 16.3 Å². The molecule has 1 aromatic heterocycles. The van der Waals surface area contributed by atoms with Crippen molar-refractivity contribution in [3.63, 3.8) is 0 Å². The smallest absolute Gasteiger partial charge is 0.422 e. The third kappa shape index (κ3) is 9.40. The highest BCUT2D eigenvalue weighted by Crippen LogP contribution is 2.48. The summed E-state index contributed by atoms with van der Waals surface area (Å²) in [6, 6.07) is 10.8. The highest BCUT2D eigenvalue weighted by atomic mass is 35.5. The number of likely N-dealkylation sites (N-methyl/N-ethyl adjacent to an activating group) is 1. The molecule has 46 heavy (non-hydrogen) atoms. The molecular formula is C28H28ClF3N8O6. The number of carbonyl (C=O) groups is 4. The van der Waals surface area contributed by atoms with Gasteiger partial charge < -0.3 is 36.4 Å². The maximum atomic E-state index is 12.9. The zero-order valence-electron chi connectivity index (χ0n) is 24.1. The summed E-state index contributed by atoms with van der Waals surface area (Å²) in [6.07, 6.45) is -3.42. The second kappa shape index (κ2) is 14.3. The van der Waals surface area contributed by atoms with E-state index >= 15 is 0 Å². The van der Waals surface area contributed by atoms with Crippen molar-refractivity contribution < 1.29 is 42.2 Å². The minimum atomic E-state index is -4.63. The van der Waals surface area contributed by atoms with E-state index in [1.807, 2.05) is 12.1 Å². The first-order valence-corrected chi connectivity index (χ1v) is 14.1. The standard InChI is InChI=1S/C28H28ClF3N8O6/c1-33-21(42)22(43)34-13-10-19(23(44)45)36-20(41)15-2-8-18(9-3-15)35-24-37-25(39-26(38-24)46-14-28(30,31)32)40-27(11-12-27)16-4-6-17(29)7-5-16/h2-9,19H,10-14H2,1H3,(H,33,42)(H,34,43)(H,36,41)(H,44,45)(H2,35,37,38,39,40). The van der Waals surface area contributed by atoms with Gasteiger partial charge in [-0.3, -0.25) is 14.4 Å². The topological polar surface area (TPSA) is 197 Å². The number of carboxylic acid groups (broad SMARTS) is 1. The number of aliphatic carboxylic acids is 1. The average molecular weight is 665 g/mol. The summed E-state index contributed by atoms with van der Waals surface area (Å²) in [4.78, 5) is 59.3. The quantitative estimate of drug-likeness (QED) is 0.147. The predicted molar refractivity (Wildman–Crippen MR) is 158 cm³/mol. The van der Waals surface area contributed by atoms with Crippen LogP contribution >= 0.6 is 11.6 Å². The molecule has 2 aromatic carbocycles. The van der Waals surface area contributed by atoms with Gasteiger partial charge >= 0.3 is 30.0 Å². The molecule has 1 atom stereocenters. The molecule has 6 N–H and O–H groups in total. The SMILES string of the molecule is CNC(=O)C(=O)NCCC(NC(=O)c1ccc(Nc2nc(NC3(c4ccc(Cl)cc4)CC3)nc(OCC(F)(F)F)n2)cc1)C(=O)O. The van der Waals surface area contributed by atoms with E-state index in [0.717, 1.165) is 5.56 Å². The van der Waals surface area contributed by atoms with Crippen LogP contribution in [0.25, 0.3) is 0 Å². The first-order chi connectivity index (χ1) is 21.8. The molecule has 4 rings (SSSR count).